The number of benzene rings is 2. The summed E-state index contributed by atoms with van der Waals surface area (Å²) >= 11 is 0. The Bertz CT molecular complexity index is 1160. The van der Waals surface area contributed by atoms with Gasteiger partial charge < -0.3 is 14.2 Å². The molecule has 10 heteroatoms. The summed E-state index contributed by atoms with van der Waals surface area (Å²) in [6.07, 6.45) is 0.324. The molecule has 2 heterocycles. The lowest BCUT2D eigenvalue weighted by Gasteiger charge is -2.36. The second kappa shape index (κ2) is 9.03. The molecule has 4 rings (SSSR count). The molecule has 0 atom stereocenters. The molecule has 1 amide bonds. The van der Waals surface area contributed by atoms with Crippen LogP contribution in [0, 0.1) is 0 Å². The van der Waals surface area contributed by atoms with Gasteiger partial charge in [-0.3, -0.25) is 4.90 Å². The number of carbonyl (C=O) groups excluding carboxylic acids is 2. The van der Waals surface area contributed by atoms with Crippen molar-refractivity contribution in [3.63, 3.8) is 0 Å². The molecule has 0 unspecified atom stereocenters. The van der Waals surface area contributed by atoms with E-state index in [4.69, 9.17) is 14.2 Å². The lowest BCUT2D eigenvalue weighted by atomic mass is 9.92. The Kier molecular flexibility index (Phi) is 6.31. The molecule has 0 aliphatic carbocycles. The maximum absolute atomic E-state index is 13.3. The smallest absolute Gasteiger partial charge is 0.410 e. The zero-order valence-electron chi connectivity index (χ0n) is 18.5. The molecule has 1 spiro atoms. The second-order valence-corrected chi connectivity index (χ2v) is 10.1. The largest absolute Gasteiger partial charge is 0.497 e. The first kappa shape index (κ1) is 23.1. The molecule has 2 aliphatic heterocycles. The van der Waals surface area contributed by atoms with E-state index >= 15 is 0 Å². The number of piperidine rings is 1. The third kappa shape index (κ3) is 4.53. The van der Waals surface area contributed by atoms with Crippen LogP contribution in [0.1, 0.15) is 28.8 Å². The molecule has 2 fully saturated rings. The highest BCUT2D eigenvalue weighted by Crippen LogP contribution is 2.36. The number of amides is 1. The van der Waals surface area contributed by atoms with Gasteiger partial charge >= 0.3 is 12.1 Å². The molecule has 0 radical (unpaired) electrons. The first-order valence-corrected chi connectivity index (χ1v) is 12.0. The number of ether oxygens (including phenoxy) is 3. The Hall–Kier alpha value is -3.11. The van der Waals surface area contributed by atoms with Crippen molar-refractivity contribution in [2.24, 2.45) is 0 Å². The maximum atomic E-state index is 13.3. The van der Waals surface area contributed by atoms with E-state index in [-0.39, 0.29) is 23.5 Å². The van der Waals surface area contributed by atoms with Crippen LogP contribution in [0.25, 0.3) is 0 Å². The first-order valence-electron chi connectivity index (χ1n) is 10.6. The number of sulfonamides is 1. The van der Waals surface area contributed by atoms with Gasteiger partial charge in [0.25, 0.3) is 0 Å². The summed E-state index contributed by atoms with van der Waals surface area (Å²) in [6, 6.07) is 13.5. The Morgan fingerprint density at radius 2 is 1.82 bits per heavy atom. The highest BCUT2D eigenvalue weighted by atomic mass is 32.2. The fourth-order valence-corrected chi connectivity index (χ4v) is 5.93. The molecule has 0 saturated carbocycles. The van der Waals surface area contributed by atoms with Crippen LogP contribution in [0.5, 0.6) is 5.75 Å². The third-order valence-corrected chi connectivity index (χ3v) is 8.05. The van der Waals surface area contributed by atoms with Gasteiger partial charge in [0.15, 0.2) is 0 Å². The number of hydrogen-bond donors (Lipinski definition) is 0. The van der Waals surface area contributed by atoms with Gasteiger partial charge in [0, 0.05) is 32.5 Å². The van der Waals surface area contributed by atoms with Gasteiger partial charge in [-0.2, -0.15) is 4.31 Å². The summed E-state index contributed by atoms with van der Waals surface area (Å²) < 4.78 is 43.5. The van der Waals surface area contributed by atoms with Crippen molar-refractivity contribution in [1.82, 2.24) is 9.21 Å². The van der Waals surface area contributed by atoms with E-state index in [9.17, 15) is 18.0 Å². The number of nitrogens with zero attached hydrogens (tertiary/aromatic N) is 2. The Labute approximate surface area is 192 Å². The van der Waals surface area contributed by atoms with Crippen LogP contribution < -0.4 is 4.74 Å². The van der Waals surface area contributed by atoms with Gasteiger partial charge in [0.1, 0.15) is 11.4 Å². The molecule has 2 aromatic carbocycles. The van der Waals surface area contributed by atoms with E-state index < -0.39 is 27.7 Å². The molecule has 176 valence electrons. The van der Waals surface area contributed by atoms with Crippen LogP contribution in [0.3, 0.4) is 0 Å². The number of carbonyl (C=O) groups is 2. The molecule has 2 aliphatic rings. The summed E-state index contributed by atoms with van der Waals surface area (Å²) in [4.78, 5) is 26.1. The van der Waals surface area contributed by atoms with Gasteiger partial charge in [-0.25, -0.2) is 18.0 Å². The van der Waals surface area contributed by atoms with E-state index in [1.807, 2.05) is 24.3 Å². The van der Waals surface area contributed by atoms with E-state index in [0.29, 0.717) is 31.7 Å². The van der Waals surface area contributed by atoms with E-state index in [1.165, 1.54) is 23.5 Å². The van der Waals surface area contributed by atoms with E-state index in [1.54, 1.807) is 24.1 Å². The van der Waals surface area contributed by atoms with Crippen LogP contribution in [-0.2, 0) is 26.0 Å². The molecule has 0 N–H and O–H groups in total. The van der Waals surface area contributed by atoms with Crippen LogP contribution in [0.2, 0.25) is 0 Å². The highest BCUT2D eigenvalue weighted by Gasteiger charge is 2.48. The van der Waals surface area contributed by atoms with Crippen LogP contribution in [0.15, 0.2) is 53.4 Å². The van der Waals surface area contributed by atoms with Crippen molar-refractivity contribution in [2.45, 2.75) is 29.9 Å². The fourth-order valence-electron chi connectivity index (χ4n) is 4.31. The Morgan fingerprint density at radius 1 is 1.09 bits per heavy atom. The lowest BCUT2D eigenvalue weighted by Crippen LogP contribution is -2.48. The van der Waals surface area contributed by atoms with Gasteiger partial charge in [-0.15, -0.1) is 0 Å². The number of hydrogen-bond acceptors (Lipinski definition) is 7. The van der Waals surface area contributed by atoms with Crippen molar-refractivity contribution >= 4 is 22.1 Å². The minimum atomic E-state index is -3.91. The van der Waals surface area contributed by atoms with Crippen molar-refractivity contribution in [1.29, 1.82) is 0 Å². The van der Waals surface area contributed by atoms with Crippen molar-refractivity contribution in [3.8, 4) is 5.75 Å². The minimum Gasteiger partial charge on any atom is -0.497 e. The molecule has 33 heavy (non-hydrogen) atoms. The SMILES string of the molecule is COC(=O)c1ccccc1S(=O)(=O)N1CCC2(CC1)CN(Cc1cccc(OC)c1)C(=O)O2. The van der Waals surface area contributed by atoms with Crippen molar-refractivity contribution in [3.05, 3.63) is 59.7 Å². The molecule has 0 bridgehead atoms. The van der Waals surface area contributed by atoms with E-state index in [0.717, 1.165) is 5.56 Å². The summed E-state index contributed by atoms with van der Waals surface area (Å²) in [5.41, 5.74) is 0.184. The zero-order chi connectivity index (χ0) is 23.6. The average Bonchev–Trinajstić information content (AvgIpc) is 3.12. The predicted molar refractivity (Wildman–Crippen MR) is 118 cm³/mol. The summed E-state index contributed by atoms with van der Waals surface area (Å²) in [6.45, 7) is 1.12. The molecule has 2 aromatic rings. The third-order valence-electron chi connectivity index (χ3n) is 6.09. The topological polar surface area (TPSA) is 102 Å². The Morgan fingerprint density at radius 3 is 2.52 bits per heavy atom. The second-order valence-electron chi connectivity index (χ2n) is 8.15. The van der Waals surface area contributed by atoms with Crippen molar-refractivity contribution in [2.75, 3.05) is 33.9 Å². The molecule has 2 saturated heterocycles. The standard InChI is InChI=1S/C23H26N2O7S/c1-30-18-7-5-6-17(14-18)15-24-16-23(32-22(24)27)10-12-25(13-11-23)33(28,29)20-9-4-3-8-19(20)21(26)31-2/h3-9,14H,10-13,15-16H2,1-2H3. The fraction of sp³-hybridized carbons (Fsp3) is 0.391. The van der Waals surface area contributed by atoms with Gasteiger partial charge in [-0.1, -0.05) is 24.3 Å². The van der Waals surface area contributed by atoms with E-state index in [2.05, 4.69) is 0 Å². The molecular formula is C23H26N2O7S. The quantitative estimate of drug-likeness (QED) is 0.593. The minimum absolute atomic E-state index is 0.00274. The predicted octanol–water partition coefficient (Wildman–Crippen LogP) is 2.66. The molecule has 0 aromatic heterocycles. The first-order chi connectivity index (χ1) is 15.8. The maximum Gasteiger partial charge on any atom is 0.410 e. The zero-order valence-corrected chi connectivity index (χ0v) is 19.3. The van der Waals surface area contributed by atoms with Gasteiger partial charge in [0.05, 0.1) is 31.2 Å². The normalized spacial score (nSPS) is 18.2. The Balaban J connectivity index is 1.45. The van der Waals surface area contributed by atoms with Crippen molar-refractivity contribution < 1.29 is 32.2 Å². The average molecular weight is 475 g/mol. The lowest BCUT2D eigenvalue weighted by molar-refractivity contribution is 0.0171. The number of methoxy groups -OCH3 is 2. The van der Waals surface area contributed by atoms with Crippen LogP contribution in [0.4, 0.5) is 4.79 Å². The molecule has 9 nitrogen and oxygen atoms in total. The summed E-state index contributed by atoms with van der Waals surface area (Å²) in [7, 11) is -1.12. The van der Waals surface area contributed by atoms with Crippen LogP contribution in [-0.4, -0.2) is 69.1 Å². The molecular weight excluding hydrogens is 448 g/mol. The monoisotopic (exact) mass is 474 g/mol. The number of esters is 1. The van der Waals surface area contributed by atoms with Gasteiger partial charge in [0.2, 0.25) is 10.0 Å². The van der Waals surface area contributed by atoms with Gasteiger partial charge in [-0.05, 0) is 29.8 Å². The summed E-state index contributed by atoms with van der Waals surface area (Å²) in [5, 5.41) is 0. The number of rotatable bonds is 6. The van der Waals surface area contributed by atoms with Crippen LogP contribution >= 0.6 is 0 Å². The highest BCUT2D eigenvalue weighted by molar-refractivity contribution is 7.89. The summed E-state index contributed by atoms with van der Waals surface area (Å²) in [5.74, 6) is 0.00101.